The van der Waals surface area contributed by atoms with Crippen molar-refractivity contribution in [2.45, 2.75) is 6.42 Å². The fraction of sp³-hybridized carbons (Fsp3) is 0.182. The van der Waals surface area contributed by atoms with Crippen LogP contribution in [0.3, 0.4) is 0 Å². The molecule has 0 aromatic heterocycles. The minimum atomic E-state index is -0.0149. The van der Waals surface area contributed by atoms with Crippen LogP contribution in [-0.2, 0) is 11.2 Å². The second kappa shape index (κ2) is 3.43. The SMILES string of the molecule is C#CCN1NC(=O)Cc2ccccc21. The van der Waals surface area contributed by atoms with Gasteiger partial charge in [-0.1, -0.05) is 24.1 Å². The molecule has 1 heterocycles. The van der Waals surface area contributed by atoms with Crippen molar-refractivity contribution in [2.24, 2.45) is 0 Å². The summed E-state index contributed by atoms with van der Waals surface area (Å²) in [5.74, 6) is 2.50. The van der Waals surface area contributed by atoms with E-state index < -0.39 is 0 Å². The van der Waals surface area contributed by atoms with Gasteiger partial charge in [0.1, 0.15) is 0 Å². The van der Waals surface area contributed by atoms with Gasteiger partial charge in [-0.05, 0) is 11.6 Å². The van der Waals surface area contributed by atoms with E-state index in [1.807, 2.05) is 24.3 Å². The summed E-state index contributed by atoms with van der Waals surface area (Å²) in [6.07, 6.45) is 5.65. The number of carbonyl (C=O) groups is 1. The van der Waals surface area contributed by atoms with Crippen molar-refractivity contribution in [3.63, 3.8) is 0 Å². The van der Waals surface area contributed by atoms with E-state index in [9.17, 15) is 4.79 Å². The van der Waals surface area contributed by atoms with Crippen LogP contribution in [0.25, 0.3) is 0 Å². The number of amides is 1. The average molecular weight is 186 g/mol. The third-order valence-electron chi connectivity index (χ3n) is 2.14. The molecule has 0 spiro atoms. The number of hydrazine groups is 1. The smallest absolute Gasteiger partial charge is 0.243 e. The number of nitrogens with one attached hydrogen (secondary N) is 1. The highest BCUT2D eigenvalue weighted by Crippen LogP contribution is 2.22. The molecule has 0 saturated carbocycles. The highest BCUT2D eigenvalue weighted by Gasteiger charge is 2.19. The molecule has 1 aromatic rings. The number of hydrogen-bond donors (Lipinski definition) is 1. The maximum atomic E-state index is 11.3. The minimum absolute atomic E-state index is 0.0149. The Morgan fingerprint density at radius 1 is 1.50 bits per heavy atom. The van der Waals surface area contributed by atoms with Gasteiger partial charge in [-0.3, -0.25) is 15.2 Å². The molecule has 1 aromatic carbocycles. The Balaban J connectivity index is 2.39. The molecule has 14 heavy (non-hydrogen) atoms. The molecule has 0 unspecified atom stereocenters. The first-order chi connectivity index (χ1) is 6.81. The number of fused-ring (bicyclic) bond motifs is 1. The Morgan fingerprint density at radius 3 is 3.07 bits per heavy atom. The predicted octanol–water partition coefficient (Wildman–Crippen LogP) is 0.713. The molecule has 0 atom stereocenters. The van der Waals surface area contributed by atoms with E-state index in [1.165, 1.54) is 0 Å². The summed E-state index contributed by atoms with van der Waals surface area (Å²) in [6, 6.07) is 7.75. The maximum absolute atomic E-state index is 11.3. The molecule has 1 amide bonds. The van der Waals surface area contributed by atoms with Crippen molar-refractivity contribution in [3.05, 3.63) is 29.8 Å². The normalized spacial score (nSPS) is 14.2. The minimum Gasteiger partial charge on any atom is -0.273 e. The summed E-state index contributed by atoms with van der Waals surface area (Å²) >= 11 is 0. The summed E-state index contributed by atoms with van der Waals surface area (Å²) < 4.78 is 0. The lowest BCUT2D eigenvalue weighted by Crippen LogP contribution is -2.47. The average Bonchev–Trinajstić information content (AvgIpc) is 2.18. The van der Waals surface area contributed by atoms with Crippen molar-refractivity contribution in [1.82, 2.24) is 5.43 Å². The van der Waals surface area contributed by atoms with Crippen LogP contribution in [0, 0.1) is 12.3 Å². The standard InChI is InChI=1S/C11H10N2O/c1-2-7-13-10-6-4-3-5-9(10)8-11(14)12-13/h1,3-6H,7-8H2,(H,12,14). The highest BCUT2D eigenvalue weighted by molar-refractivity contribution is 5.85. The largest absolute Gasteiger partial charge is 0.273 e. The molecule has 0 saturated heterocycles. The lowest BCUT2D eigenvalue weighted by molar-refractivity contribution is -0.120. The zero-order chi connectivity index (χ0) is 9.97. The van der Waals surface area contributed by atoms with Crippen molar-refractivity contribution < 1.29 is 4.79 Å². The lowest BCUT2D eigenvalue weighted by atomic mass is 10.1. The van der Waals surface area contributed by atoms with Gasteiger partial charge in [-0.15, -0.1) is 6.42 Å². The van der Waals surface area contributed by atoms with Gasteiger partial charge in [-0.2, -0.15) is 0 Å². The van der Waals surface area contributed by atoms with Crippen molar-refractivity contribution in [3.8, 4) is 12.3 Å². The van der Waals surface area contributed by atoms with Gasteiger partial charge >= 0.3 is 0 Å². The van der Waals surface area contributed by atoms with Gasteiger partial charge in [-0.25, -0.2) is 0 Å². The van der Waals surface area contributed by atoms with Gasteiger partial charge < -0.3 is 0 Å². The second-order valence-electron chi connectivity index (χ2n) is 3.13. The van der Waals surface area contributed by atoms with E-state index in [-0.39, 0.29) is 5.91 Å². The van der Waals surface area contributed by atoms with Crippen molar-refractivity contribution in [2.75, 3.05) is 11.6 Å². The Morgan fingerprint density at radius 2 is 2.29 bits per heavy atom. The zero-order valence-electron chi connectivity index (χ0n) is 7.66. The van der Waals surface area contributed by atoms with Crippen LogP contribution in [0.1, 0.15) is 5.56 Å². The van der Waals surface area contributed by atoms with Crippen molar-refractivity contribution >= 4 is 11.6 Å². The molecule has 1 aliphatic heterocycles. The second-order valence-corrected chi connectivity index (χ2v) is 3.13. The van der Waals surface area contributed by atoms with E-state index >= 15 is 0 Å². The van der Waals surface area contributed by atoms with Crippen molar-refractivity contribution in [1.29, 1.82) is 0 Å². The molecule has 0 bridgehead atoms. The first-order valence-electron chi connectivity index (χ1n) is 4.39. The maximum Gasteiger partial charge on any atom is 0.243 e. The monoisotopic (exact) mass is 186 g/mol. The molecule has 1 N–H and O–H groups in total. The van der Waals surface area contributed by atoms with Crippen LogP contribution < -0.4 is 10.4 Å². The van der Waals surface area contributed by atoms with E-state index in [0.29, 0.717) is 13.0 Å². The third-order valence-corrected chi connectivity index (χ3v) is 2.14. The van der Waals surface area contributed by atoms with E-state index in [1.54, 1.807) is 5.01 Å². The number of nitrogens with zero attached hydrogens (tertiary/aromatic N) is 1. The van der Waals surface area contributed by atoms with Crippen LogP contribution in [0.2, 0.25) is 0 Å². The van der Waals surface area contributed by atoms with Gasteiger partial charge in [0.2, 0.25) is 5.91 Å². The molecular weight excluding hydrogens is 176 g/mol. The van der Waals surface area contributed by atoms with Gasteiger partial charge in [0.25, 0.3) is 0 Å². The van der Waals surface area contributed by atoms with Crippen LogP contribution in [0.15, 0.2) is 24.3 Å². The molecule has 3 nitrogen and oxygen atoms in total. The Labute approximate surface area is 82.7 Å². The van der Waals surface area contributed by atoms with Gasteiger partial charge in [0, 0.05) is 0 Å². The number of carbonyl (C=O) groups excluding carboxylic acids is 1. The topological polar surface area (TPSA) is 32.3 Å². The van der Waals surface area contributed by atoms with E-state index in [0.717, 1.165) is 11.3 Å². The highest BCUT2D eigenvalue weighted by atomic mass is 16.2. The molecule has 2 rings (SSSR count). The summed E-state index contributed by atoms with van der Waals surface area (Å²) in [5.41, 5.74) is 4.74. The summed E-state index contributed by atoms with van der Waals surface area (Å²) in [7, 11) is 0. The van der Waals surface area contributed by atoms with E-state index in [4.69, 9.17) is 6.42 Å². The Kier molecular flexibility index (Phi) is 2.11. The fourth-order valence-corrected chi connectivity index (χ4v) is 1.56. The van der Waals surface area contributed by atoms with E-state index in [2.05, 4.69) is 11.3 Å². The number of hydrogen-bond acceptors (Lipinski definition) is 2. The lowest BCUT2D eigenvalue weighted by Gasteiger charge is -2.29. The molecular formula is C11H10N2O. The Hall–Kier alpha value is -1.95. The number of rotatable bonds is 1. The number of anilines is 1. The predicted molar refractivity (Wildman–Crippen MR) is 54.5 cm³/mol. The Bertz CT molecular complexity index is 406. The number of para-hydroxylation sites is 1. The number of benzene rings is 1. The quantitative estimate of drug-likeness (QED) is 0.655. The first kappa shape index (κ1) is 8.64. The van der Waals surface area contributed by atoms with Gasteiger partial charge in [0.05, 0.1) is 18.7 Å². The number of terminal acetylenes is 1. The molecule has 3 heteroatoms. The molecule has 0 fully saturated rings. The summed E-state index contributed by atoms with van der Waals surface area (Å²) in [4.78, 5) is 11.3. The summed E-state index contributed by atoms with van der Waals surface area (Å²) in [6.45, 7) is 0.392. The molecule has 70 valence electrons. The zero-order valence-corrected chi connectivity index (χ0v) is 7.66. The van der Waals surface area contributed by atoms with Gasteiger partial charge in [0.15, 0.2) is 0 Å². The van der Waals surface area contributed by atoms with Crippen LogP contribution in [-0.4, -0.2) is 12.5 Å². The molecule has 1 aliphatic rings. The molecule has 0 radical (unpaired) electrons. The van der Waals surface area contributed by atoms with Crippen LogP contribution in [0.5, 0.6) is 0 Å². The van der Waals surface area contributed by atoms with Crippen LogP contribution >= 0.6 is 0 Å². The van der Waals surface area contributed by atoms with Crippen LogP contribution in [0.4, 0.5) is 5.69 Å². The third kappa shape index (κ3) is 1.42. The summed E-state index contributed by atoms with van der Waals surface area (Å²) in [5, 5.41) is 1.70. The fourth-order valence-electron chi connectivity index (χ4n) is 1.56. The molecule has 0 aliphatic carbocycles. The first-order valence-corrected chi connectivity index (χ1v) is 4.39.